The molecule has 0 saturated carbocycles. The number of benzene rings is 5. The molecule has 0 fully saturated rings. The molecular weight excluding hydrogens is 816 g/mol. The summed E-state index contributed by atoms with van der Waals surface area (Å²) in [4.78, 5) is 9.28. The minimum atomic E-state index is 0. The average molecular weight is 853 g/mol. The number of para-hydroxylation sites is 1. The third-order valence-electron chi connectivity index (χ3n) is 9.72. The number of nitrogens with zero attached hydrogens (tertiary/aromatic N) is 2. The molecule has 52 heavy (non-hydrogen) atoms. The quantitative estimate of drug-likeness (QED) is 0.131. The van der Waals surface area contributed by atoms with E-state index in [9.17, 15) is 0 Å². The van der Waals surface area contributed by atoms with E-state index in [1.165, 1.54) is 33.4 Å². The van der Waals surface area contributed by atoms with Crippen LogP contribution in [0.5, 0.6) is 23.0 Å². The van der Waals surface area contributed by atoms with Gasteiger partial charge in [-0.05, 0) is 82.6 Å². The van der Waals surface area contributed by atoms with Gasteiger partial charge in [-0.3, -0.25) is 0 Å². The van der Waals surface area contributed by atoms with Crippen molar-refractivity contribution in [2.24, 2.45) is 0 Å². The van der Waals surface area contributed by atoms with Crippen molar-refractivity contribution in [2.45, 2.75) is 40.5 Å². The Kier molecular flexibility index (Phi) is 9.97. The Morgan fingerprint density at radius 3 is 2.13 bits per heavy atom. The first kappa shape index (κ1) is 35.1. The molecule has 4 nitrogen and oxygen atoms in total. The summed E-state index contributed by atoms with van der Waals surface area (Å²) >= 11 is 0. The van der Waals surface area contributed by atoms with Crippen molar-refractivity contribution in [3.05, 3.63) is 162 Å². The molecule has 2 aliphatic rings. The number of fused-ring (bicyclic) bond motifs is 4. The second kappa shape index (κ2) is 14.8. The summed E-state index contributed by atoms with van der Waals surface area (Å²) in [6.45, 7) is 10.8. The Bertz CT molecular complexity index is 2390. The standard InChI is InChI=1S/C27H21BNO2.C19H16N.Ir/c1-16(2)19-14-22(29-15-17(19)3)18-8-6-10-21-27(18)31-25-13-7-12-24-26(25)28(21)20-9-4-5-11-23(20)30-24;1-14-8-10-17(11-9-14)19-12-18(15(2)13-20-19)16-6-4-3-5-7-16;/h4-7,9-16H,1-3H3;3-10,12-13H,1-2H3;/q2*-1;. The van der Waals surface area contributed by atoms with Gasteiger partial charge >= 0.3 is 0 Å². The van der Waals surface area contributed by atoms with E-state index in [1.807, 2.05) is 60.9 Å². The minimum Gasteiger partial charge on any atom is -0.503 e. The van der Waals surface area contributed by atoms with Crippen LogP contribution in [0.4, 0.5) is 0 Å². The fourth-order valence-electron chi connectivity index (χ4n) is 7.09. The predicted molar refractivity (Wildman–Crippen MR) is 208 cm³/mol. The number of pyridine rings is 2. The van der Waals surface area contributed by atoms with E-state index in [-0.39, 0.29) is 26.8 Å². The maximum atomic E-state index is 6.50. The summed E-state index contributed by atoms with van der Waals surface area (Å²) in [6.07, 6.45) is 3.89. The topological polar surface area (TPSA) is 44.2 Å². The number of ether oxygens (including phenoxy) is 2. The molecule has 2 aromatic heterocycles. The van der Waals surface area contributed by atoms with Crippen LogP contribution in [-0.2, 0) is 20.1 Å². The zero-order chi connectivity index (χ0) is 35.1. The average Bonchev–Trinajstić information content (AvgIpc) is 3.16. The Morgan fingerprint density at radius 2 is 1.37 bits per heavy atom. The maximum absolute atomic E-state index is 6.50. The van der Waals surface area contributed by atoms with Crippen LogP contribution in [0.2, 0.25) is 0 Å². The van der Waals surface area contributed by atoms with Gasteiger partial charge < -0.3 is 19.4 Å². The molecular formula is C46H37BIrN2O2-2. The van der Waals surface area contributed by atoms with Crippen LogP contribution in [0.3, 0.4) is 0 Å². The van der Waals surface area contributed by atoms with Crippen LogP contribution in [-0.4, -0.2) is 16.7 Å². The van der Waals surface area contributed by atoms with Gasteiger partial charge in [0.05, 0.1) is 0 Å². The summed E-state index contributed by atoms with van der Waals surface area (Å²) < 4.78 is 12.7. The van der Waals surface area contributed by atoms with E-state index in [1.54, 1.807) is 0 Å². The molecule has 0 bridgehead atoms. The van der Waals surface area contributed by atoms with Crippen molar-refractivity contribution < 1.29 is 29.6 Å². The molecule has 0 unspecified atom stereocenters. The van der Waals surface area contributed by atoms with Gasteiger partial charge in [0, 0.05) is 43.7 Å². The molecule has 0 saturated heterocycles. The zero-order valence-corrected chi connectivity index (χ0v) is 32.2. The molecule has 0 atom stereocenters. The number of rotatable bonds is 4. The van der Waals surface area contributed by atoms with E-state index in [2.05, 4.69) is 118 Å². The van der Waals surface area contributed by atoms with E-state index in [0.29, 0.717) is 5.92 Å². The van der Waals surface area contributed by atoms with Crippen molar-refractivity contribution >= 4 is 23.1 Å². The minimum absolute atomic E-state index is 0. The molecule has 9 rings (SSSR count). The van der Waals surface area contributed by atoms with E-state index in [4.69, 9.17) is 14.5 Å². The maximum Gasteiger partial charge on any atom is 0.241 e. The van der Waals surface area contributed by atoms with Crippen molar-refractivity contribution in [3.63, 3.8) is 0 Å². The summed E-state index contributed by atoms with van der Waals surface area (Å²) in [6, 6.07) is 46.0. The van der Waals surface area contributed by atoms with E-state index < -0.39 is 0 Å². The molecule has 1 radical (unpaired) electrons. The van der Waals surface area contributed by atoms with Crippen LogP contribution in [0.15, 0.2) is 128 Å². The Balaban J connectivity index is 0.000000174. The normalized spacial score (nSPS) is 11.8. The Hall–Kier alpha value is -5.29. The van der Waals surface area contributed by atoms with Crippen LogP contribution in [0.25, 0.3) is 33.6 Å². The van der Waals surface area contributed by atoms with Gasteiger partial charge in [0.2, 0.25) is 6.71 Å². The van der Waals surface area contributed by atoms with Crippen molar-refractivity contribution in [2.75, 3.05) is 0 Å². The van der Waals surface area contributed by atoms with Crippen LogP contribution < -0.4 is 25.9 Å². The number of aromatic nitrogens is 2. The summed E-state index contributed by atoms with van der Waals surface area (Å²) in [7, 11) is 0. The van der Waals surface area contributed by atoms with Gasteiger partial charge in [-0.1, -0.05) is 93.1 Å². The van der Waals surface area contributed by atoms with Crippen LogP contribution >= 0.6 is 0 Å². The number of aryl methyl sites for hydroxylation is 3. The first-order chi connectivity index (χ1) is 24.9. The molecule has 0 N–H and O–H groups in total. The molecule has 4 heterocycles. The van der Waals surface area contributed by atoms with Crippen molar-refractivity contribution in [1.29, 1.82) is 0 Å². The summed E-state index contributed by atoms with van der Waals surface area (Å²) in [5.74, 6) is 3.85. The van der Waals surface area contributed by atoms with Gasteiger partial charge in [-0.25, -0.2) is 0 Å². The van der Waals surface area contributed by atoms with Crippen molar-refractivity contribution in [3.8, 4) is 56.6 Å². The molecule has 0 spiro atoms. The third kappa shape index (κ3) is 6.61. The van der Waals surface area contributed by atoms with Gasteiger partial charge in [0.15, 0.2) is 0 Å². The monoisotopic (exact) mass is 853 g/mol. The summed E-state index contributed by atoms with van der Waals surface area (Å²) in [5.41, 5.74) is 14.5. The largest absolute Gasteiger partial charge is 0.503 e. The van der Waals surface area contributed by atoms with Gasteiger partial charge in [0.1, 0.15) is 17.2 Å². The van der Waals surface area contributed by atoms with Gasteiger partial charge in [-0.2, -0.15) is 0 Å². The molecule has 7 aromatic rings. The third-order valence-corrected chi connectivity index (χ3v) is 9.72. The molecule has 0 aliphatic carbocycles. The predicted octanol–water partition coefficient (Wildman–Crippen LogP) is 9.54. The van der Waals surface area contributed by atoms with Crippen LogP contribution in [0, 0.1) is 32.9 Å². The molecule has 5 aromatic carbocycles. The molecule has 0 amide bonds. The van der Waals surface area contributed by atoms with Crippen molar-refractivity contribution in [1.82, 2.24) is 9.97 Å². The molecule has 2 aliphatic heterocycles. The molecule has 6 heteroatoms. The Labute approximate surface area is 320 Å². The van der Waals surface area contributed by atoms with Gasteiger partial charge in [0.25, 0.3) is 0 Å². The Morgan fingerprint density at radius 1 is 0.654 bits per heavy atom. The number of hydrogen-bond donors (Lipinski definition) is 0. The SMILES string of the molecule is Cc1c[c-]c(-c2cc(-c3ccccc3)c(C)cn2)cc1.Cc1cnc(-c2[c-]ccc3c2Oc2cccc4c2B3c2ccccc2O4)cc1C(C)C.[Ir]. The first-order valence-corrected chi connectivity index (χ1v) is 17.5. The first-order valence-electron chi connectivity index (χ1n) is 17.5. The van der Waals surface area contributed by atoms with Gasteiger partial charge in [-0.15, -0.1) is 59.1 Å². The number of hydrogen-bond acceptors (Lipinski definition) is 4. The fourth-order valence-corrected chi connectivity index (χ4v) is 7.09. The molecule has 257 valence electrons. The summed E-state index contributed by atoms with van der Waals surface area (Å²) in [5, 5.41) is 0. The zero-order valence-electron chi connectivity index (χ0n) is 29.8. The fraction of sp³-hybridized carbons (Fsp3) is 0.130. The second-order valence-electron chi connectivity index (χ2n) is 13.6. The smallest absolute Gasteiger partial charge is 0.241 e. The van der Waals surface area contributed by atoms with E-state index >= 15 is 0 Å². The second-order valence-corrected chi connectivity index (χ2v) is 13.6. The van der Waals surface area contributed by atoms with Crippen LogP contribution in [0.1, 0.15) is 42.0 Å². The van der Waals surface area contributed by atoms with E-state index in [0.717, 1.165) is 61.9 Å².